The van der Waals surface area contributed by atoms with Crippen molar-refractivity contribution in [3.8, 4) is 0 Å². The minimum absolute atomic E-state index is 0.0429. The number of aryl methyl sites for hydroxylation is 1. The highest BCUT2D eigenvalue weighted by molar-refractivity contribution is 6.42. The van der Waals surface area contributed by atoms with Crippen LogP contribution in [0.1, 0.15) is 12.2 Å². The first-order valence-corrected chi connectivity index (χ1v) is 5.37. The fourth-order valence-corrected chi connectivity index (χ4v) is 1.72. The Balaban J connectivity index is 2.33. The lowest BCUT2D eigenvalue weighted by Gasteiger charge is -1.93. The summed E-state index contributed by atoms with van der Waals surface area (Å²) in [6.45, 7) is 0. The molecule has 6 heteroatoms. The molecule has 0 aliphatic carbocycles. The highest BCUT2D eigenvalue weighted by Gasteiger charge is 2.07. The number of rotatable bonds is 3. The molecule has 0 amide bonds. The van der Waals surface area contributed by atoms with Crippen LogP contribution in [0.2, 0.25) is 10.0 Å². The molecule has 0 atom stereocenters. The fourth-order valence-electron chi connectivity index (χ4n) is 1.40. The molecule has 4 nitrogen and oxygen atoms in total. The van der Waals surface area contributed by atoms with Crippen LogP contribution in [0.3, 0.4) is 0 Å². The zero-order chi connectivity index (χ0) is 11.7. The lowest BCUT2D eigenvalue weighted by molar-refractivity contribution is -0.137. The molecule has 84 valence electrons. The molecular weight excluding hydrogens is 251 g/mol. The van der Waals surface area contributed by atoms with E-state index < -0.39 is 5.97 Å². The van der Waals surface area contributed by atoms with Crippen LogP contribution < -0.4 is 0 Å². The number of nitrogens with one attached hydrogen (secondary N) is 1. The van der Waals surface area contributed by atoms with Gasteiger partial charge in [-0.1, -0.05) is 23.2 Å². The molecule has 0 unspecified atom stereocenters. The number of hydrogen-bond acceptors (Lipinski definition) is 2. The molecule has 0 spiro atoms. The van der Waals surface area contributed by atoms with Gasteiger partial charge in [0.25, 0.3) is 0 Å². The number of halogens is 2. The van der Waals surface area contributed by atoms with Gasteiger partial charge in [0.15, 0.2) is 0 Å². The predicted molar refractivity (Wildman–Crippen MR) is 62.1 cm³/mol. The van der Waals surface area contributed by atoms with Gasteiger partial charge in [-0.2, -0.15) is 0 Å². The third kappa shape index (κ3) is 2.28. The van der Waals surface area contributed by atoms with E-state index in [0.717, 1.165) is 5.52 Å². The van der Waals surface area contributed by atoms with Gasteiger partial charge in [-0.05, 0) is 12.1 Å². The van der Waals surface area contributed by atoms with Crippen LogP contribution in [0.4, 0.5) is 0 Å². The van der Waals surface area contributed by atoms with Gasteiger partial charge in [-0.25, -0.2) is 4.98 Å². The molecule has 0 saturated carbocycles. The molecule has 0 saturated heterocycles. The summed E-state index contributed by atoms with van der Waals surface area (Å²) in [5.41, 5.74) is 1.45. The fraction of sp³-hybridized carbons (Fsp3) is 0.200. The summed E-state index contributed by atoms with van der Waals surface area (Å²) in [5.74, 6) is -0.229. The van der Waals surface area contributed by atoms with Crippen LogP contribution in [-0.2, 0) is 11.2 Å². The molecule has 2 rings (SSSR count). The van der Waals surface area contributed by atoms with Gasteiger partial charge in [-0.15, -0.1) is 0 Å². The van der Waals surface area contributed by atoms with Gasteiger partial charge in [0.05, 0.1) is 27.5 Å². The smallest absolute Gasteiger partial charge is 0.303 e. The third-order valence-corrected chi connectivity index (χ3v) is 2.87. The summed E-state index contributed by atoms with van der Waals surface area (Å²) in [5, 5.41) is 9.44. The molecule has 2 aromatic rings. The van der Waals surface area contributed by atoms with E-state index in [0.29, 0.717) is 27.8 Å². The second kappa shape index (κ2) is 4.31. The Bertz CT molecular complexity index is 512. The number of hydrogen-bond donors (Lipinski definition) is 2. The van der Waals surface area contributed by atoms with Gasteiger partial charge in [0.1, 0.15) is 5.82 Å². The summed E-state index contributed by atoms with van der Waals surface area (Å²) >= 11 is 11.7. The molecule has 0 aliphatic rings. The molecule has 2 N–H and O–H groups in total. The zero-order valence-corrected chi connectivity index (χ0v) is 9.64. The minimum atomic E-state index is -0.850. The average molecular weight is 259 g/mol. The number of aromatic nitrogens is 2. The number of H-pyrrole nitrogens is 1. The average Bonchev–Trinajstić information content (AvgIpc) is 2.58. The van der Waals surface area contributed by atoms with E-state index in [2.05, 4.69) is 9.97 Å². The summed E-state index contributed by atoms with van der Waals surface area (Å²) in [6, 6.07) is 3.33. The van der Waals surface area contributed by atoms with Crippen LogP contribution in [0, 0.1) is 0 Å². The predicted octanol–water partition coefficient (Wildman–Crippen LogP) is 2.89. The molecule has 1 aromatic carbocycles. The number of carboxylic acid groups (broad SMARTS) is 1. The summed E-state index contributed by atoms with van der Waals surface area (Å²) < 4.78 is 0. The van der Waals surface area contributed by atoms with E-state index >= 15 is 0 Å². The topological polar surface area (TPSA) is 66.0 Å². The van der Waals surface area contributed by atoms with Gasteiger partial charge in [-0.3, -0.25) is 4.79 Å². The number of nitrogens with zero attached hydrogens (tertiary/aromatic N) is 1. The molecule has 0 aliphatic heterocycles. The van der Waals surface area contributed by atoms with E-state index in [-0.39, 0.29) is 6.42 Å². The largest absolute Gasteiger partial charge is 0.481 e. The third-order valence-electron chi connectivity index (χ3n) is 2.15. The number of imidazole rings is 1. The van der Waals surface area contributed by atoms with Crippen LogP contribution in [-0.4, -0.2) is 21.0 Å². The Hall–Kier alpha value is -1.26. The standard InChI is InChI=1S/C10H8Cl2N2O2/c11-5-3-7-8(4-6(5)12)14-9(13-7)1-2-10(15)16/h3-4H,1-2H2,(H,13,14)(H,15,16). The van der Waals surface area contributed by atoms with Crippen molar-refractivity contribution in [1.29, 1.82) is 0 Å². The Morgan fingerprint density at radius 1 is 1.38 bits per heavy atom. The van der Waals surface area contributed by atoms with Crippen LogP contribution in [0.15, 0.2) is 12.1 Å². The van der Waals surface area contributed by atoms with Gasteiger partial charge in [0.2, 0.25) is 0 Å². The van der Waals surface area contributed by atoms with E-state index in [1.54, 1.807) is 12.1 Å². The van der Waals surface area contributed by atoms with Crippen LogP contribution >= 0.6 is 23.2 Å². The summed E-state index contributed by atoms with van der Waals surface area (Å²) in [6.07, 6.45) is 0.403. The summed E-state index contributed by atoms with van der Waals surface area (Å²) in [7, 11) is 0. The number of benzene rings is 1. The Labute approximate surface area is 101 Å². The highest BCUT2D eigenvalue weighted by atomic mass is 35.5. The van der Waals surface area contributed by atoms with E-state index in [4.69, 9.17) is 28.3 Å². The van der Waals surface area contributed by atoms with Crippen molar-refractivity contribution >= 4 is 40.2 Å². The van der Waals surface area contributed by atoms with E-state index in [1.807, 2.05) is 0 Å². The van der Waals surface area contributed by atoms with Crippen molar-refractivity contribution in [2.75, 3.05) is 0 Å². The number of carbonyl (C=O) groups is 1. The molecule has 16 heavy (non-hydrogen) atoms. The number of aromatic amines is 1. The van der Waals surface area contributed by atoms with Crippen molar-refractivity contribution in [1.82, 2.24) is 9.97 Å². The van der Waals surface area contributed by atoms with E-state index in [9.17, 15) is 4.79 Å². The molecule has 1 heterocycles. The quantitative estimate of drug-likeness (QED) is 0.890. The lowest BCUT2D eigenvalue weighted by atomic mass is 10.3. The SMILES string of the molecule is O=C(O)CCc1nc2cc(Cl)c(Cl)cc2[nH]1. The number of fused-ring (bicyclic) bond motifs is 1. The first-order chi connectivity index (χ1) is 7.56. The van der Waals surface area contributed by atoms with Crippen molar-refractivity contribution in [2.45, 2.75) is 12.8 Å². The minimum Gasteiger partial charge on any atom is -0.481 e. The second-order valence-corrected chi connectivity index (χ2v) is 4.18. The maximum atomic E-state index is 10.4. The lowest BCUT2D eigenvalue weighted by Crippen LogP contribution is -1.98. The van der Waals surface area contributed by atoms with Crippen molar-refractivity contribution in [3.63, 3.8) is 0 Å². The normalized spacial score (nSPS) is 10.9. The second-order valence-electron chi connectivity index (χ2n) is 3.36. The molecule has 0 bridgehead atoms. The number of carboxylic acids is 1. The molecule has 0 fully saturated rings. The molecular formula is C10H8Cl2N2O2. The van der Waals surface area contributed by atoms with Crippen molar-refractivity contribution in [3.05, 3.63) is 28.0 Å². The monoisotopic (exact) mass is 258 g/mol. The first-order valence-electron chi connectivity index (χ1n) is 4.61. The maximum Gasteiger partial charge on any atom is 0.303 e. The van der Waals surface area contributed by atoms with Crippen molar-refractivity contribution < 1.29 is 9.90 Å². The molecule has 1 aromatic heterocycles. The summed E-state index contributed by atoms with van der Waals surface area (Å²) in [4.78, 5) is 17.6. The first kappa shape index (κ1) is 11.2. The molecule has 0 radical (unpaired) electrons. The van der Waals surface area contributed by atoms with Gasteiger partial charge >= 0.3 is 5.97 Å². The Kier molecular flexibility index (Phi) is 3.03. The Morgan fingerprint density at radius 3 is 2.75 bits per heavy atom. The Morgan fingerprint density at radius 2 is 2.06 bits per heavy atom. The highest BCUT2D eigenvalue weighted by Crippen LogP contribution is 2.26. The van der Waals surface area contributed by atoms with Crippen LogP contribution in [0.5, 0.6) is 0 Å². The van der Waals surface area contributed by atoms with Crippen molar-refractivity contribution in [2.24, 2.45) is 0 Å². The van der Waals surface area contributed by atoms with Gasteiger partial charge < -0.3 is 10.1 Å². The number of aliphatic carboxylic acids is 1. The zero-order valence-electron chi connectivity index (χ0n) is 8.13. The van der Waals surface area contributed by atoms with Crippen LogP contribution in [0.25, 0.3) is 11.0 Å². The maximum absolute atomic E-state index is 10.4. The van der Waals surface area contributed by atoms with E-state index in [1.165, 1.54) is 0 Å². The van der Waals surface area contributed by atoms with Gasteiger partial charge in [0, 0.05) is 6.42 Å².